The first kappa shape index (κ1) is 20.4. The van der Waals surface area contributed by atoms with Crippen molar-refractivity contribution in [2.24, 2.45) is 0 Å². The second-order valence-electron chi connectivity index (χ2n) is 7.73. The Bertz CT molecular complexity index is 1170. The Balaban J connectivity index is 1.53. The van der Waals surface area contributed by atoms with Gasteiger partial charge in [0, 0.05) is 16.8 Å². The van der Waals surface area contributed by atoms with Crippen molar-refractivity contribution in [1.82, 2.24) is 10.2 Å². The molecule has 1 fully saturated rings. The van der Waals surface area contributed by atoms with Crippen molar-refractivity contribution in [1.29, 1.82) is 0 Å². The minimum atomic E-state index is -1.28. The number of benzene rings is 2. The topological polar surface area (TPSA) is 91.7 Å². The number of furan rings is 1. The molecule has 1 aliphatic rings. The van der Waals surface area contributed by atoms with Gasteiger partial charge in [0.25, 0.3) is 5.91 Å². The van der Waals surface area contributed by atoms with E-state index < -0.39 is 23.4 Å². The number of carbonyl (C=O) groups excluding carboxylic acids is 3. The van der Waals surface area contributed by atoms with Crippen LogP contribution in [0.1, 0.15) is 24.0 Å². The molecule has 7 heteroatoms. The molecule has 0 radical (unpaired) electrons. The van der Waals surface area contributed by atoms with Crippen LogP contribution in [-0.4, -0.2) is 29.3 Å². The van der Waals surface area contributed by atoms with E-state index in [1.165, 1.54) is 0 Å². The molecule has 4 amide bonds. The molecule has 158 valence electrons. The molecule has 0 saturated carbocycles. The molecule has 1 aromatic heterocycles. The number of nitrogens with zero attached hydrogens (tertiary/aromatic N) is 1. The van der Waals surface area contributed by atoms with Crippen LogP contribution in [0, 0.1) is 13.8 Å². The third kappa shape index (κ3) is 3.70. The number of anilines is 1. The van der Waals surface area contributed by atoms with E-state index in [0.29, 0.717) is 22.8 Å². The van der Waals surface area contributed by atoms with Gasteiger partial charge in [-0.25, -0.2) is 4.79 Å². The molecule has 3 aromatic rings. The van der Waals surface area contributed by atoms with Crippen molar-refractivity contribution >= 4 is 23.5 Å². The fraction of sp³-hybridized carbons (Fsp3) is 0.208. The van der Waals surface area contributed by atoms with Crippen molar-refractivity contribution in [3.8, 4) is 11.1 Å². The number of carbonyl (C=O) groups is 3. The summed E-state index contributed by atoms with van der Waals surface area (Å²) in [7, 11) is 0. The molecule has 2 heterocycles. The number of urea groups is 1. The molecule has 1 saturated heterocycles. The Hall–Kier alpha value is -3.87. The molecular formula is C24H23N3O4. The number of hydrogen-bond acceptors (Lipinski definition) is 4. The highest BCUT2D eigenvalue weighted by Crippen LogP contribution is 2.33. The Morgan fingerprint density at radius 2 is 1.74 bits per heavy atom. The highest BCUT2D eigenvalue weighted by Gasteiger charge is 2.51. The molecule has 1 aliphatic heterocycles. The lowest BCUT2D eigenvalue weighted by Gasteiger charge is -2.21. The van der Waals surface area contributed by atoms with Gasteiger partial charge in [-0.05, 0) is 38.5 Å². The van der Waals surface area contributed by atoms with E-state index in [4.69, 9.17) is 4.42 Å². The van der Waals surface area contributed by atoms with Crippen LogP contribution in [0.15, 0.2) is 65.1 Å². The molecular weight excluding hydrogens is 394 g/mol. The maximum Gasteiger partial charge on any atom is 0.325 e. The number of imide groups is 1. The summed E-state index contributed by atoms with van der Waals surface area (Å²) in [4.78, 5) is 39.3. The van der Waals surface area contributed by atoms with Crippen LogP contribution in [0.3, 0.4) is 0 Å². The van der Waals surface area contributed by atoms with Gasteiger partial charge in [0.05, 0.1) is 0 Å². The summed E-state index contributed by atoms with van der Waals surface area (Å²) in [5.41, 5.74) is 1.71. The molecule has 2 aromatic carbocycles. The second-order valence-corrected chi connectivity index (χ2v) is 7.73. The first-order valence-electron chi connectivity index (χ1n) is 9.95. The number of hydrogen-bond donors (Lipinski definition) is 2. The predicted octanol–water partition coefficient (Wildman–Crippen LogP) is 3.97. The smallest absolute Gasteiger partial charge is 0.325 e. The first-order chi connectivity index (χ1) is 14.8. The summed E-state index contributed by atoms with van der Waals surface area (Å²) in [5.74, 6) is 0.241. The van der Waals surface area contributed by atoms with Gasteiger partial charge in [-0.3, -0.25) is 14.5 Å². The molecule has 7 nitrogen and oxygen atoms in total. The Morgan fingerprint density at radius 3 is 2.42 bits per heavy atom. The van der Waals surface area contributed by atoms with E-state index in [-0.39, 0.29) is 6.54 Å². The summed E-state index contributed by atoms with van der Waals surface area (Å²) >= 11 is 0. The van der Waals surface area contributed by atoms with E-state index in [1.807, 2.05) is 48.5 Å². The summed E-state index contributed by atoms with van der Waals surface area (Å²) < 4.78 is 5.52. The van der Waals surface area contributed by atoms with E-state index in [1.54, 1.807) is 32.9 Å². The molecule has 1 unspecified atom stereocenters. The highest BCUT2D eigenvalue weighted by molar-refractivity contribution is 6.10. The molecule has 31 heavy (non-hydrogen) atoms. The van der Waals surface area contributed by atoms with Crippen molar-refractivity contribution in [2.75, 3.05) is 11.9 Å². The summed E-state index contributed by atoms with van der Waals surface area (Å²) in [5, 5.41) is 5.53. The van der Waals surface area contributed by atoms with Crippen LogP contribution in [-0.2, 0) is 15.1 Å². The largest absolute Gasteiger partial charge is 0.466 e. The van der Waals surface area contributed by atoms with Crippen molar-refractivity contribution in [3.05, 3.63) is 77.7 Å². The molecule has 0 aliphatic carbocycles. The summed E-state index contributed by atoms with van der Waals surface area (Å²) in [6, 6.07) is 18.2. The van der Waals surface area contributed by atoms with Crippen molar-refractivity contribution in [2.45, 2.75) is 26.3 Å². The monoisotopic (exact) mass is 417 g/mol. The van der Waals surface area contributed by atoms with Crippen LogP contribution in [0.25, 0.3) is 11.1 Å². The van der Waals surface area contributed by atoms with Crippen molar-refractivity contribution < 1.29 is 18.8 Å². The molecule has 2 N–H and O–H groups in total. The summed E-state index contributed by atoms with van der Waals surface area (Å²) in [6.07, 6.45) is 0. The fourth-order valence-electron chi connectivity index (χ4n) is 3.95. The van der Waals surface area contributed by atoms with Gasteiger partial charge < -0.3 is 15.1 Å². The van der Waals surface area contributed by atoms with Crippen LogP contribution in [0.5, 0.6) is 0 Å². The van der Waals surface area contributed by atoms with Crippen LogP contribution in [0.2, 0.25) is 0 Å². The number of para-hydroxylation sites is 1. The lowest BCUT2D eigenvalue weighted by Crippen LogP contribution is -2.42. The predicted molar refractivity (Wildman–Crippen MR) is 116 cm³/mol. The molecule has 4 rings (SSSR count). The standard InChI is InChI=1S/C24H23N3O4/c1-15-13-19(16(2)31-15)24(3)22(29)27(23(30)26-24)14-21(28)25-20-12-8-7-11-18(20)17-9-5-4-6-10-17/h4-13H,14H2,1-3H3,(H,25,28)(H,26,30). The lowest BCUT2D eigenvalue weighted by molar-refractivity contribution is -0.133. The summed E-state index contributed by atoms with van der Waals surface area (Å²) in [6.45, 7) is 4.74. The number of nitrogens with one attached hydrogen (secondary N) is 2. The normalized spacial score (nSPS) is 18.2. The van der Waals surface area contributed by atoms with Crippen LogP contribution < -0.4 is 10.6 Å². The van der Waals surface area contributed by atoms with Crippen LogP contribution in [0.4, 0.5) is 10.5 Å². The maximum absolute atomic E-state index is 13.1. The van der Waals surface area contributed by atoms with Gasteiger partial charge in [-0.2, -0.15) is 0 Å². The van der Waals surface area contributed by atoms with E-state index in [2.05, 4.69) is 10.6 Å². The number of amides is 4. The Kier molecular flexibility index (Phi) is 5.10. The van der Waals surface area contributed by atoms with E-state index in [9.17, 15) is 14.4 Å². The third-order valence-corrected chi connectivity index (χ3v) is 5.44. The quantitative estimate of drug-likeness (QED) is 0.615. The average Bonchev–Trinajstić information content (AvgIpc) is 3.20. The number of aryl methyl sites for hydroxylation is 2. The van der Waals surface area contributed by atoms with E-state index >= 15 is 0 Å². The zero-order chi connectivity index (χ0) is 22.2. The molecule has 0 bridgehead atoms. The Morgan fingerprint density at radius 1 is 1.06 bits per heavy atom. The fourth-order valence-corrected chi connectivity index (χ4v) is 3.95. The average molecular weight is 417 g/mol. The first-order valence-corrected chi connectivity index (χ1v) is 9.95. The lowest BCUT2D eigenvalue weighted by atomic mass is 9.92. The van der Waals surface area contributed by atoms with E-state index in [0.717, 1.165) is 16.0 Å². The molecule has 0 spiro atoms. The van der Waals surface area contributed by atoms with Gasteiger partial charge in [-0.15, -0.1) is 0 Å². The minimum absolute atomic E-state index is 0.390. The zero-order valence-corrected chi connectivity index (χ0v) is 17.6. The van der Waals surface area contributed by atoms with Gasteiger partial charge in [-0.1, -0.05) is 48.5 Å². The van der Waals surface area contributed by atoms with Gasteiger partial charge >= 0.3 is 6.03 Å². The van der Waals surface area contributed by atoms with Gasteiger partial charge in [0.1, 0.15) is 23.6 Å². The van der Waals surface area contributed by atoms with Gasteiger partial charge in [0.2, 0.25) is 5.91 Å². The second kappa shape index (κ2) is 7.75. The van der Waals surface area contributed by atoms with Gasteiger partial charge in [0.15, 0.2) is 0 Å². The highest BCUT2D eigenvalue weighted by atomic mass is 16.3. The maximum atomic E-state index is 13.1. The SMILES string of the molecule is Cc1cc(C2(C)NC(=O)N(CC(=O)Nc3ccccc3-c3ccccc3)C2=O)c(C)o1. The zero-order valence-electron chi connectivity index (χ0n) is 17.6. The third-order valence-electron chi connectivity index (χ3n) is 5.44. The van der Waals surface area contributed by atoms with Crippen LogP contribution >= 0.6 is 0 Å². The minimum Gasteiger partial charge on any atom is -0.466 e. The Labute approximate surface area is 180 Å². The number of rotatable bonds is 5. The van der Waals surface area contributed by atoms with Crippen molar-refractivity contribution in [3.63, 3.8) is 0 Å². The molecule has 1 atom stereocenters.